The van der Waals surface area contributed by atoms with Gasteiger partial charge in [0.2, 0.25) is 0 Å². The number of halogens is 3. The summed E-state index contributed by atoms with van der Waals surface area (Å²) in [7, 11) is 1.50. The smallest absolute Gasteiger partial charge is 0.272 e. The molecule has 7 nitrogen and oxygen atoms in total. The molecule has 1 atom stereocenters. The fourth-order valence-electron chi connectivity index (χ4n) is 2.89. The van der Waals surface area contributed by atoms with Gasteiger partial charge in [-0.3, -0.25) is 9.69 Å². The summed E-state index contributed by atoms with van der Waals surface area (Å²) in [5.74, 6) is -1.70. The van der Waals surface area contributed by atoms with Crippen LogP contribution in [0.1, 0.15) is 13.8 Å². The topological polar surface area (TPSA) is 91.7 Å². The summed E-state index contributed by atoms with van der Waals surface area (Å²) < 4.78 is 31.9. The van der Waals surface area contributed by atoms with Crippen molar-refractivity contribution in [2.75, 3.05) is 33.2 Å². The number of nitrogens with zero attached hydrogens (tertiary/aromatic N) is 1. The van der Waals surface area contributed by atoms with E-state index in [-0.39, 0.29) is 24.7 Å². The van der Waals surface area contributed by atoms with Gasteiger partial charge in [0.05, 0.1) is 19.6 Å². The number of dihydropyridines is 1. The largest absolute Gasteiger partial charge is 0.489 e. The van der Waals surface area contributed by atoms with Crippen LogP contribution in [0.2, 0.25) is 0 Å². The Balaban J connectivity index is 1.93. The predicted octanol–water partition coefficient (Wildman–Crippen LogP) is 0.804. The van der Waals surface area contributed by atoms with Crippen LogP contribution in [-0.2, 0) is 9.53 Å². The predicted molar refractivity (Wildman–Crippen MR) is 99.8 cm³/mol. The summed E-state index contributed by atoms with van der Waals surface area (Å²) in [5.41, 5.74) is 4.30. The van der Waals surface area contributed by atoms with Gasteiger partial charge in [-0.2, -0.15) is 0 Å². The molecule has 2 heterocycles. The Bertz CT molecular complexity index is 654. The number of amides is 1. The number of ether oxygens (including phenoxy) is 1. The highest BCUT2D eigenvalue weighted by Gasteiger charge is 2.45. The van der Waals surface area contributed by atoms with E-state index in [0.29, 0.717) is 24.7 Å². The lowest BCUT2D eigenvalue weighted by atomic mass is 10.0. The van der Waals surface area contributed by atoms with Crippen LogP contribution in [0.3, 0.4) is 0 Å². The summed E-state index contributed by atoms with van der Waals surface area (Å²) >= 11 is 5.72. The number of likely N-dealkylation sites (tertiary alicyclic amines) is 1. The van der Waals surface area contributed by atoms with E-state index in [4.69, 9.17) is 22.1 Å². The fraction of sp³-hybridized carbons (Fsp3) is 0.588. The molecule has 0 aromatic heterocycles. The third-order valence-corrected chi connectivity index (χ3v) is 4.00. The van der Waals surface area contributed by atoms with Crippen molar-refractivity contribution in [1.82, 2.24) is 20.9 Å². The highest BCUT2D eigenvalue weighted by Crippen LogP contribution is 2.29. The van der Waals surface area contributed by atoms with E-state index in [1.165, 1.54) is 13.1 Å². The van der Waals surface area contributed by atoms with E-state index >= 15 is 0 Å². The van der Waals surface area contributed by atoms with Crippen molar-refractivity contribution in [3.63, 3.8) is 0 Å². The van der Waals surface area contributed by atoms with Crippen molar-refractivity contribution in [3.8, 4) is 0 Å². The highest BCUT2D eigenvalue weighted by atomic mass is 35.5. The zero-order chi connectivity index (χ0) is 20.2. The lowest BCUT2D eigenvalue weighted by molar-refractivity contribution is -0.149. The van der Waals surface area contributed by atoms with Crippen LogP contribution in [0, 0.1) is 0 Å². The maximum absolute atomic E-state index is 13.0. The van der Waals surface area contributed by atoms with Crippen molar-refractivity contribution in [1.29, 1.82) is 0 Å². The second-order valence-corrected chi connectivity index (χ2v) is 7.66. The lowest BCUT2D eigenvalue weighted by Crippen LogP contribution is -2.59. The molecule has 0 aromatic rings. The maximum Gasteiger partial charge on any atom is 0.272 e. The number of allylic oxidation sites excluding steroid dienone is 2. The first-order valence-corrected chi connectivity index (χ1v) is 8.98. The Kier molecular flexibility index (Phi) is 6.72. The minimum Gasteiger partial charge on any atom is -0.489 e. The van der Waals surface area contributed by atoms with Gasteiger partial charge in [-0.1, -0.05) is 0 Å². The molecule has 2 rings (SSSR count). The number of nitrogens with one attached hydrogen (secondary N) is 3. The minimum atomic E-state index is -2.59. The van der Waals surface area contributed by atoms with Gasteiger partial charge in [-0.25, -0.2) is 8.78 Å². The molecule has 1 fully saturated rings. The summed E-state index contributed by atoms with van der Waals surface area (Å²) in [6.07, 6.45) is 4.86. The van der Waals surface area contributed by atoms with Crippen LogP contribution < -0.4 is 21.7 Å². The Morgan fingerprint density at radius 2 is 2.19 bits per heavy atom. The van der Waals surface area contributed by atoms with E-state index in [0.717, 1.165) is 0 Å². The van der Waals surface area contributed by atoms with Crippen LogP contribution in [0.4, 0.5) is 8.78 Å². The summed E-state index contributed by atoms with van der Waals surface area (Å²) in [5, 5.41) is 8.51. The normalized spacial score (nSPS) is 21.2. The Hall–Kier alpha value is -1.84. The van der Waals surface area contributed by atoms with Crippen LogP contribution in [0.25, 0.3) is 0 Å². The van der Waals surface area contributed by atoms with Crippen molar-refractivity contribution in [3.05, 3.63) is 35.5 Å². The number of rotatable bonds is 8. The van der Waals surface area contributed by atoms with E-state index in [2.05, 4.69) is 16.0 Å². The summed E-state index contributed by atoms with van der Waals surface area (Å²) in [4.78, 5) is 13.5. The van der Waals surface area contributed by atoms with Gasteiger partial charge >= 0.3 is 0 Å². The van der Waals surface area contributed by atoms with E-state index in [1.807, 2.05) is 13.8 Å². The lowest BCUT2D eigenvalue weighted by Gasteiger charge is -2.43. The standard InChI is InChI=1S/C17H26ClF2N5O2/c1-16(2,8-25-9-17(19,20)10-25)27-11-4-5-14(23-7-11)24-12(6-13(18)21)15(26)22-3/h4-6,13,23-24H,7-10,21H2,1-3H3,(H,22,26)/b12-6+. The third kappa shape index (κ3) is 6.67. The molecule has 27 heavy (non-hydrogen) atoms. The molecule has 0 saturated carbocycles. The Labute approximate surface area is 162 Å². The van der Waals surface area contributed by atoms with E-state index in [1.54, 1.807) is 17.1 Å². The molecule has 5 N–H and O–H groups in total. The summed E-state index contributed by atoms with van der Waals surface area (Å²) in [6.45, 7) is 4.04. The van der Waals surface area contributed by atoms with Crippen LogP contribution in [-0.4, -0.2) is 61.1 Å². The molecule has 0 radical (unpaired) electrons. The minimum absolute atomic E-state index is 0.218. The van der Waals surface area contributed by atoms with Crippen molar-refractivity contribution in [2.45, 2.75) is 30.9 Å². The molecular weight excluding hydrogens is 380 g/mol. The highest BCUT2D eigenvalue weighted by molar-refractivity contribution is 6.21. The zero-order valence-corrected chi connectivity index (χ0v) is 16.4. The second-order valence-electron chi connectivity index (χ2n) is 7.16. The van der Waals surface area contributed by atoms with Gasteiger partial charge < -0.3 is 26.4 Å². The monoisotopic (exact) mass is 405 g/mol. The molecule has 1 amide bonds. The number of hydrogen-bond donors (Lipinski definition) is 4. The average molecular weight is 406 g/mol. The van der Waals surface area contributed by atoms with Crippen molar-refractivity contribution in [2.24, 2.45) is 5.73 Å². The molecule has 0 aromatic carbocycles. The van der Waals surface area contributed by atoms with Gasteiger partial charge in [0.15, 0.2) is 0 Å². The van der Waals surface area contributed by atoms with E-state index in [9.17, 15) is 13.6 Å². The van der Waals surface area contributed by atoms with Crippen molar-refractivity contribution >= 4 is 17.5 Å². The SMILES string of the molecule is CNC(=O)/C(=C\C(N)Cl)NC1=CC=C(OC(C)(C)CN2CC(F)(F)C2)CN1. The molecule has 152 valence electrons. The van der Waals surface area contributed by atoms with Gasteiger partial charge in [-0.05, 0) is 32.1 Å². The molecule has 0 bridgehead atoms. The Morgan fingerprint density at radius 3 is 2.67 bits per heavy atom. The van der Waals surface area contributed by atoms with Crippen LogP contribution in [0.5, 0.6) is 0 Å². The quantitative estimate of drug-likeness (QED) is 0.271. The number of carbonyl (C=O) groups is 1. The number of hydrogen-bond acceptors (Lipinski definition) is 6. The number of nitrogens with two attached hydrogens (primary N) is 1. The van der Waals surface area contributed by atoms with E-state index < -0.39 is 17.0 Å². The molecular formula is C17H26ClF2N5O2. The second kappa shape index (κ2) is 8.45. The first-order chi connectivity index (χ1) is 12.5. The molecule has 1 unspecified atom stereocenters. The van der Waals surface area contributed by atoms with Crippen LogP contribution in [0.15, 0.2) is 35.5 Å². The molecule has 2 aliphatic heterocycles. The van der Waals surface area contributed by atoms with Gasteiger partial charge in [0.25, 0.3) is 11.8 Å². The molecule has 1 saturated heterocycles. The number of carbonyl (C=O) groups excluding carboxylic acids is 1. The average Bonchev–Trinajstić information content (AvgIpc) is 2.52. The third-order valence-electron chi connectivity index (χ3n) is 3.88. The van der Waals surface area contributed by atoms with Gasteiger partial charge in [-0.15, -0.1) is 11.6 Å². The summed E-state index contributed by atoms with van der Waals surface area (Å²) in [6, 6.07) is 0. The van der Waals surface area contributed by atoms with Crippen LogP contribution >= 0.6 is 11.6 Å². The first-order valence-electron chi connectivity index (χ1n) is 8.54. The van der Waals surface area contributed by atoms with Gasteiger partial charge in [0.1, 0.15) is 28.4 Å². The molecule has 0 aliphatic carbocycles. The molecule has 0 spiro atoms. The first kappa shape index (κ1) is 21.5. The Morgan fingerprint density at radius 1 is 1.52 bits per heavy atom. The fourth-order valence-corrected chi connectivity index (χ4v) is 3.02. The number of alkyl halides is 3. The van der Waals surface area contributed by atoms with Crippen molar-refractivity contribution < 1.29 is 18.3 Å². The molecule has 2 aliphatic rings. The maximum atomic E-state index is 13.0. The van der Waals surface area contributed by atoms with Gasteiger partial charge in [0, 0.05) is 13.6 Å². The zero-order valence-electron chi connectivity index (χ0n) is 15.6. The number of likely N-dealkylation sites (N-methyl/N-ethyl adjacent to an activating group) is 1. The molecule has 10 heteroatoms.